The average Bonchev–Trinajstić information content (AvgIpc) is 3.55. The van der Waals surface area contributed by atoms with Gasteiger partial charge in [-0.15, -0.1) is 0 Å². The summed E-state index contributed by atoms with van der Waals surface area (Å²) >= 11 is 0. The number of carbonyl (C=O) groups is 2. The fraction of sp³-hybridized carbons (Fsp3) is 0.290. The first-order valence-corrected chi connectivity index (χ1v) is 13.9. The zero-order chi connectivity index (χ0) is 32.2. The number of fused-ring (bicyclic) bond motifs is 1. The van der Waals surface area contributed by atoms with Crippen molar-refractivity contribution in [1.29, 1.82) is 0 Å². The molecule has 234 valence electrons. The summed E-state index contributed by atoms with van der Waals surface area (Å²) in [5, 5.41) is 4.42. The zero-order valence-electron chi connectivity index (χ0n) is 24.0. The standard InChI is InChI=1S/C31H25F6N5O3/c1-16-27(30(44)40-11-8-19(9-12-40)41-25(43)14-17-3-5-23(33)26(34)29(17)41)39-42(28(16)18-7-10-38-24(13-18)45-2)20-4-6-22(32)21(15-20)31(35,36)37/h3-7,10,13,15,19H,8-9,11-12,14H2,1-2H3. The van der Waals surface area contributed by atoms with Gasteiger partial charge in [-0.05, 0) is 55.7 Å². The van der Waals surface area contributed by atoms with E-state index < -0.39 is 41.1 Å². The molecule has 45 heavy (non-hydrogen) atoms. The highest BCUT2D eigenvalue weighted by atomic mass is 19.4. The number of hydrogen-bond acceptors (Lipinski definition) is 5. The van der Waals surface area contributed by atoms with Crippen LogP contribution in [0.3, 0.4) is 0 Å². The summed E-state index contributed by atoms with van der Waals surface area (Å²) in [7, 11) is 1.39. The van der Waals surface area contributed by atoms with E-state index in [4.69, 9.17) is 4.74 Å². The Morgan fingerprint density at radius 1 is 1.00 bits per heavy atom. The van der Waals surface area contributed by atoms with Gasteiger partial charge in [0, 0.05) is 42.5 Å². The highest BCUT2D eigenvalue weighted by Gasteiger charge is 2.39. The fourth-order valence-corrected chi connectivity index (χ4v) is 5.97. The number of alkyl halides is 3. The van der Waals surface area contributed by atoms with Crippen LogP contribution in [0, 0.1) is 24.4 Å². The molecule has 1 fully saturated rings. The van der Waals surface area contributed by atoms with Crippen molar-refractivity contribution in [3.05, 3.63) is 88.5 Å². The molecule has 14 heteroatoms. The van der Waals surface area contributed by atoms with E-state index in [0.717, 1.165) is 16.8 Å². The number of carbonyl (C=O) groups excluding carboxylic acids is 2. The van der Waals surface area contributed by atoms with Gasteiger partial charge in [0.15, 0.2) is 17.3 Å². The third-order valence-corrected chi connectivity index (χ3v) is 8.16. The normalized spacial score (nSPS) is 15.5. The molecule has 2 amide bonds. The molecule has 2 aliphatic rings. The minimum absolute atomic E-state index is 0.0483. The van der Waals surface area contributed by atoms with Crippen molar-refractivity contribution in [3.63, 3.8) is 0 Å². The predicted molar refractivity (Wildman–Crippen MR) is 150 cm³/mol. The van der Waals surface area contributed by atoms with Crippen LogP contribution in [0.15, 0.2) is 48.7 Å². The van der Waals surface area contributed by atoms with Gasteiger partial charge in [0.1, 0.15) is 5.82 Å². The molecule has 2 aromatic heterocycles. The van der Waals surface area contributed by atoms with Gasteiger partial charge in [-0.3, -0.25) is 9.59 Å². The SMILES string of the molecule is COc1cc(-c2c(C)c(C(=O)N3CCC(N4C(=O)Cc5ccc(F)c(F)c54)CC3)nn2-c2ccc(F)c(C(F)(F)F)c2)ccn1. The molecular weight excluding hydrogens is 604 g/mol. The first-order valence-electron chi connectivity index (χ1n) is 13.9. The number of aromatic nitrogens is 3. The number of piperidine rings is 1. The van der Waals surface area contributed by atoms with E-state index in [9.17, 15) is 35.9 Å². The second kappa shape index (κ2) is 11.2. The molecule has 6 rings (SSSR count). The maximum atomic E-state index is 14.7. The van der Waals surface area contributed by atoms with Gasteiger partial charge in [-0.25, -0.2) is 22.8 Å². The third-order valence-electron chi connectivity index (χ3n) is 8.16. The van der Waals surface area contributed by atoms with E-state index in [1.54, 1.807) is 13.0 Å². The number of hydrogen-bond donors (Lipinski definition) is 0. The molecule has 0 spiro atoms. The van der Waals surface area contributed by atoms with Crippen LogP contribution in [-0.4, -0.2) is 57.7 Å². The maximum absolute atomic E-state index is 14.7. The summed E-state index contributed by atoms with van der Waals surface area (Å²) in [4.78, 5) is 33.4. The third kappa shape index (κ3) is 5.27. The number of pyridine rings is 1. The maximum Gasteiger partial charge on any atom is 0.419 e. The van der Waals surface area contributed by atoms with Gasteiger partial charge < -0.3 is 14.5 Å². The molecular formula is C31H25F6N5O3. The van der Waals surface area contributed by atoms with E-state index in [1.165, 1.54) is 35.2 Å². The van der Waals surface area contributed by atoms with Gasteiger partial charge in [-0.2, -0.15) is 18.3 Å². The molecule has 1 saturated heterocycles. The summed E-state index contributed by atoms with van der Waals surface area (Å²) < 4.78 is 90.0. The number of likely N-dealkylation sites (tertiary alicyclic amines) is 1. The monoisotopic (exact) mass is 629 g/mol. The smallest absolute Gasteiger partial charge is 0.419 e. The van der Waals surface area contributed by atoms with Crippen LogP contribution < -0.4 is 9.64 Å². The quantitative estimate of drug-likeness (QED) is 0.258. The molecule has 2 aliphatic heterocycles. The van der Waals surface area contributed by atoms with Gasteiger partial charge in [-0.1, -0.05) is 6.07 Å². The second-order valence-electron chi connectivity index (χ2n) is 10.8. The van der Waals surface area contributed by atoms with E-state index in [1.807, 2.05) is 0 Å². The molecule has 2 aromatic carbocycles. The Morgan fingerprint density at radius 2 is 1.71 bits per heavy atom. The first kappa shape index (κ1) is 30.2. The van der Waals surface area contributed by atoms with Gasteiger partial charge >= 0.3 is 6.18 Å². The predicted octanol–water partition coefficient (Wildman–Crippen LogP) is 5.88. The van der Waals surface area contributed by atoms with Crippen LogP contribution in [0.1, 0.15) is 40.0 Å². The lowest BCUT2D eigenvalue weighted by Gasteiger charge is -2.37. The fourth-order valence-electron chi connectivity index (χ4n) is 5.97. The lowest BCUT2D eigenvalue weighted by molar-refractivity contribution is -0.140. The van der Waals surface area contributed by atoms with Crippen LogP contribution in [0.2, 0.25) is 0 Å². The zero-order valence-corrected chi connectivity index (χ0v) is 24.0. The number of halogens is 6. The summed E-state index contributed by atoms with van der Waals surface area (Å²) in [6.07, 6.45) is -3.06. The van der Waals surface area contributed by atoms with Crippen molar-refractivity contribution in [1.82, 2.24) is 19.7 Å². The Hall–Kier alpha value is -4.88. The van der Waals surface area contributed by atoms with Crippen LogP contribution in [0.25, 0.3) is 16.9 Å². The minimum Gasteiger partial charge on any atom is -0.481 e. The Bertz CT molecular complexity index is 1830. The van der Waals surface area contributed by atoms with Gasteiger partial charge in [0.05, 0.1) is 36.2 Å². The number of anilines is 1. The van der Waals surface area contributed by atoms with Gasteiger partial charge in [0.2, 0.25) is 11.8 Å². The number of nitrogens with zero attached hydrogens (tertiary/aromatic N) is 5. The lowest BCUT2D eigenvalue weighted by Crippen LogP contribution is -2.48. The summed E-state index contributed by atoms with van der Waals surface area (Å²) in [6, 6.07) is 7.44. The molecule has 0 radical (unpaired) electrons. The first-order chi connectivity index (χ1) is 21.4. The molecule has 0 unspecified atom stereocenters. The van der Waals surface area contributed by atoms with E-state index in [-0.39, 0.29) is 66.9 Å². The molecule has 8 nitrogen and oxygen atoms in total. The summed E-state index contributed by atoms with van der Waals surface area (Å²) in [5.74, 6) is -4.27. The molecule has 0 aliphatic carbocycles. The molecule has 0 bridgehead atoms. The number of ether oxygens (including phenoxy) is 1. The number of methoxy groups -OCH3 is 1. The largest absolute Gasteiger partial charge is 0.481 e. The van der Waals surface area contributed by atoms with Crippen LogP contribution >= 0.6 is 0 Å². The van der Waals surface area contributed by atoms with E-state index in [0.29, 0.717) is 28.8 Å². The molecule has 4 heterocycles. The molecule has 0 N–H and O–H groups in total. The topological polar surface area (TPSA) is 80.6 Å². The Labute approximate surface area is 252 Å². The summed E-state index contributed by atoms with van der Waals surface area (Å²) in [5.41, 5.74) is -0.301. The van der Waals surface area contributed by atoms with Crippen molar-refractivity contribution >= 4 is 17.5 Å². The molecule has 0 atom stereocenters. The molecule has 0 saturated carbocycles. The number of amides is 2. The van der Waals surface area contributed by atoms with Crippen molar-refractivity contribution in [3.8, 4) is 22.8 Å². The van der Waals surface area contributed by atoms with Crippen molar-refractivity contribution < 1.29 is 40.7 Å². The van der Waals surface area contributed by atoms with Gasteiger partial charge in [0.25, 0.3) is 5.91 Å². The minimum atomic E-state index is -4.97. The van der Waals surface area contributed by atoms with Crippen molar-refractivity contribution in [2.75, 3.05) is 25.1 Å². The average molecular weight is 630 g/mol. The van der Waals surface area contributed by atoms with Crippen molar-refractivity contribution in [2.45, 2.75) is 38.4 Å². The number of benzene rings is 2. The second-order valence-corrected chi connectivity index (χ2v) is 10.8. The Balaban J connectivity index is 1.33. The van der Waals surface area contributed by atoms with Crippen molar-refractivity contribution in [2.24, 2.45) is 0 Å². The van der Waals surface area contributed by atoms with E-state index in [2.05, 4.69) is 10.1 Å². The van der Waals surface area contributed by atoms with E-state index >= 15 is 0 Å². The highest BCUT2D eigenvalue weighted by molar-refractivity contribution is 6.02. The number of rotatable bonds is 5. The van der Waals surface area contributed by atoms with Crippen LogP contribution in [0.4, 0.5) is 32.0 Å². The molecule has 4 aromatic rings. The van der Waals surface area contributed by atoms with Crippen LogP contribution in [-0.2, 0) is 17.4 Å². The Morgan fingerprint density at radius 3 is 2.40 bits per heavy atom. The summed E-state index contributed by atoms with van der Waals surface area (Å²) in [6.45, 7) is 1.90. The highest BCUT2D eigenvalue weighted by Crippen LogP contribution is 2.38. The lowest BCUT2D eigenvalue weighted by atomic mass is 10.0. The Kier molecular flexibility index (Phi) is 7.53. The van der Waals surface area contributed by atoms with Crippen LogP contribution in [0.5, 0.6) is 5.88 Å².